The molecule has 3 aromatic rings. The van der Waals surface area contributed by atoms with Crippen LogP contribution in [0.2, 0.25) is 0 Å². The lowest BCUT2D eigenvalue weighted by Gasteiger charge is -2.27. The van der Waals surface area contributed by atoms with E-state index in [1.807, 2.05) is 57.2 Å². The largest absolute Gasteiger partial charge is 0.496 e. The van der Waals surface area contributed by atoms with E-state index in [9.17, 15) is 10.2 Å². The second-order valence-electron chi connectivity index (χ2n) is 9.07. The predicted octanol–water partition coefficient (Wildman–Crippen LogP) is 4.87. The fourth-order valence-corrected chi connectivity index (χ4v) is 5.01. The molecule has 1 aliphatic rings. The van der Waals surface area contributed by atoms with Crippen molar-refractivity contribution < 1.29 is 33.9 Å². The maximum absolute atomic E-state index is 10.0. The zero-order valence-electron chi connectivity index (χ0n) is 21.7. The highest BCUT2D eigenvalue weighted by Crippen LogP contribution is 2.49. The third-order valence-corrected chi connectivity index (χ3v) is 6.61. The lowest BCUT2D eigenvalue weighted by Crippen LogP contribution is -2.22. The quantitative estimate of drug-likeness (QED) is 0.462. The maximum atomic E-state index is 10.0. The molecule has 1 heterocycles. The van der Waals surface area contributed by atoms with E-state index in [1.54, 1.807) is 21.3 Å². The van der Waals surface area contributed by atoms with E-state index >= 15 is 0 Å². The lowest BCUT2D eigenvalue weighted by molar-refractivity contribution is -0.149. The number of hydrogen-bond donors (Lipinski definition) is 2. The van der Waals surface area contributed by atoms with E-state index in [0.717, 1.165) is 38.9 Å². The van der Waals surface area contributed by atoms with Gasteiger partial charge in [-0.3, -0.25) is 0 Å². The molecule has 0 radical (unpaired) electrons. The van der Waals surface area contributed by atoms with Crippen molar-refractivity contribution >= 4 is 0 Å². The Balaban J connectivity index is 2.13. The first kappa shape index (κ1) is 26.0. The number of aliphatic hydroxyl groups is 2. The van der Waals surface area contributed by atoms with Crippen molar-refractivity contribution in [3.63, 3.8) is 0 Å². The molecule has 0 bridgehead atoms. The van der Waals surface area contributed by atoms with Crippen LogP contribution in [0.4, 0.5) is 0 Å². The minimum absolute atomic E-state index is 0.164. The standard InChI is InChI=1S/C29H34O7/c1-17-9-19(15-30)26(32-4)22(11-17)24-13-21(29(3)35-7-8-36-29)14-25(28(24)34-6)23-12-18(2)10-20(16-31)27(23)33-5/h9-14,30-31H,7-8,15-16H2,1-6H3. The summed E-state index contributed by atoms with van der Waals surface area (Å²) in [6.45, 7) is 6.48. The van der Waals surface area contributed by atoms with E-state index in [2.05, 4.69) is 0 Å². The molecule has 0 spiro atoms. The SMILES string of the molecule is COc1c(CO)cc(C)cc1-c1cc(C2(C)OCCO2)cc(-c2cc(C)cc(CO)c2OC)c1OC. The van der Waals surface area contributed by atoms with Crippen molar-refractivity contribution in [3.8, 4) is 39.5 Å². The van der Waals surface area contributed by atoms with Crippen LogP contribution >= 0.6 is 0 Å². The van der Waals surface area contributed by atoms with Gasteiger partial charge in [0.2, 0.25) is 0 Å². The summed E-state index contributed by atoms with van der Waals surface area (Å²) >= 11 is 0. The van der Waals surface area contributed by atoms with Crippen molar-refractivity contribution in [1.82, 2.24) is 0 Å². The van der Waals surface area contributed by atoms with Gasteiger partial charge in [0.1, 0.15) is 17.2 Å². The van der Waals surface area contributed by atoms with Gasteiger partial charge >= 0.3 is 0 Å². The average molecular weight is 495 g/mol. The van der Waals surface area contributed by atoms with Gasteiger partial charge in [0.15, 0.2) is 5.79 Å². The molecular formula is C29H34O7. The van der Waals surface area contributed by atoms with Gasteiger partial charge < -0.3 is 33.9 Å². The van der Waals surface area contributed by atoms with Gasteiger partial charge in [-0.1, -0.05) is 12.1 Å². The van der Waals surface area contributed by atoms with E-state index in [1.165, 1.54) is 0 Å². The molecule has 0 aliphatic carbocycles. The summed E-state index contributed by atoms with van der Waals surface area (Å²) in [6.07, 6.45) is 0. The summed E-state index contributed by atoms with van der Waals surface area (Å²) in [5.41, 5.74) is 7.17. The molecule has 3 aromatic carbocycles. The van der Waals surface area contributed by atoms with Crippen LogP contribution in [0.15, 0.2) is 36.4 Å². The molecule has 1 aliphatic heterocycles. The van der Waals surface area contributed by atoms with Crippen LogP contribution in [0.1, 0.15) is 34.7 Å². The van der Waals surface area contributed by atoms with E-state index in [-0.39, 0.29) is 13.2 Å². The van der Waals surface area contributed by atoms with Crippen molar-refractivity contribution in [3.05, 3.63) is 64.2 Å². The van der Waals surface area contributed by atoms with Crippen LogP contribution in [0.25, 0.3) is 22.3 Å². The molecule has 7 heteroatoms. The first-order valence-electron chi connectivity index (χ1n) is 11.9. The van der Waals surface area contributed by atoms with Gasteiger partial charge in [-0.25, -0.2) is 0 Å². The number of aryl methyl sites for hydroxylation is 2. The fraction of sp³-hybridized carbons (Fsp3) is 0.379. The van der Waals surface area contributed by atoms with Crippen LogP contribution in [-0.2, 0) is 28.5 Å². The molecule has 1 saturated heterocycles. The Morgan fingerprint density at radius 3 is 1.42 bits per heavy atom. The molecule has 36 heavy (non-hydrogen) atoms. The molecule has 4 rings (SSSR count). The topological polar surface area (TPSA) is 86.6 Å². The lowest BCUT2D eigenvalue weighted by atomic mass is 9.89. The highest BCUT2D eigenvalue weighted by Gasteiger charge is 2.35. The van der Waals surface area contributed by atoms with Crippen molar-refractivity contribution in [1.29, 1.82) is 0 Å². The number of methoxy groups -OCH3 is 3. The monoisotopic (exact) mass is 494 g/mol. The minimum Gasteiger partial charge on any atom is -0.496 e. The van der Waals surface area contributed by atoms with Crippen LogP contribution in [0.3, 0.4) is 0 Å². The number of benzene rings is 3. The Kier molecular flexibility index (Phi) is 7.57. The molecule has 192 valence electrons. The molecule has 0 unspecified atom stereocenters. The number of rotatable bonds is 8. The molecule has 1 fully saturated rings. The Morgan fingerprint density at radius 2 is 1.06 bits per heavy atom. The van der Waals surface area contributed by atoms with Gasteiger partial charge in [0, 0.05) is 38.9 Å². The number of ether oxygens (including phenoxy) is 5. The Morgan fingerprint density at radius 1 is 0.667 bits per heavy atom. The van der Waals surface area contributed by atoms with Crippen LogP contribution in [0, 0.1) is 13.8 Å². The summed E-state index contributed by atoms with van der Waals surface area (Å²) in [6, 6.07) is 11.8. The van der Waals surface area contributed by atoms with Crippen molar-refractivity contribution in [2.45, 2.75) is 39.8 Å². The highest BCUT2D eigenvalue weighted by molar-refractivity contribution is 5.89. The molecule has 0 aromatic heterocycles. The Hall–Kier alpha value is -3.10. The molecular weight excluding hydrogens is 460 g/mol. The second-order valence-corrected chi connectivity index (χ2v) is 9.07. The van der Waals surface area contributed by atoms with Crippen LogP contribution < -0.4 is 14.2 Å². The van der Waals surface area contributed by atoms with Crippen molar-refractivity contribution in [2.75, 3.05) is 34.5 Å². The Labute approximate surface area is 212 Å². The third kappa shape index (κ3) is 4.55. The van der Waals surface area contributed by atoms with Crippen LogP contribution in [0.5, 0.6) is 17.2 Å². The van der Waals surface area contributed by atoms with Gasteiger partial charge in [0.05, 0.1) is 47.8 Å². The summed E-state index contributed by atoms with van der Waals surface area (Å²) in [4.78, 5) is 0. The molecule has 0 saturated carbocycles. The summed E-state index contributed by atoms with van der Waals surface area (Å²) in [5, 5.41) is 20.1. The van der Waals surface area contributed by atoms with Crippen LogP contribution in [-0.4, -0.2) is 44.8 Å². The van der Waals surface area contributed by atoms with Gasteiger partial charge in [-0.05, 0) is 56.2 Å². The molecule has 0 atom stereocenters. The first-order valence-corrected chi connectivity index (χ1v) is 11.9. The molecule has 0 amide bonds. The van der Waals surface area contributed by atoms with Gasteiger partial charge in [-0.15, -0.1) is 0 Å². The normalized spacial score (nSPS) is 14.7. The van der Waals surface area contributed by atoms with Gasteiger partial charge in [-0.2, -0.15) is 0 Å². The summed E-state index contributed by atoms with van der Waals surface area (Å²) < 4.78 is 29.7. The average Bonchev–Trinajstić information content (AvgIpc) is 3.34. The van der Waals surface area contributed by atoms with Crippen molar-refractivity contribution in [2.24, 2.45) is 0 Å². The highest BCUT2D eigenvalue weighted by atomic mass is 16.7. The smallest absolute Gasteiger partial charge is 0.192 e. The predicted molar refractivity (Wildman–Crippen MR) is 138 cm³/mol. The maximum Gasteiger partial charge on any atom is 0.192 e. The summed E-state index contributed by atoms with van der Waals surface area (Å²) in [5.74, 6) is 0.773. The molecule has 7 nitrogen and oxygen atoms in total. The zero-order chi connectivity index (χ0) is 26.0. The molecule has 2 N–H and O–H groups in total. The van der Waals surface area contributed by atoms with E-state index in [0.29, 0.717) is 41.6 Å². The second kappa shape index (κ2) is 10.5. The fourth-order valence-electron chi connectivity index (χ4n) is 5.01. The zero-order valence-corrected chi connectivity index (χ0v) is 21.7. The van der Waals surface area contributed by atoms with E-state index < -0.39 is 5.79 Å². The summed E-state index contributed by atoms with van der Waals surface area (Å²) in [7, 11) is 4.80. The first-order chi connectivity index (χ1) is 17.3. The number of aliphatic hydroxyl groups excluding tert-OH is 2. The third-order valence-electron chi connectivity index (χ3n) is 6.61. The minimum atomic E-state index is -0.955. The van der Waals surface area contributed by atoms with Gasteiger partial charge in [0.25, 0.3) is 0 Å². The number of hydrogen-bond acceptors (Lipinski definition) is 7. The Bertz CT molecular complexity index is 1180. The van der Waals surface area contributed by atoms with E-state index in [4.69, 9.17) is 23.7 Å².